The lowest BCUT2D eigenvalue weighted by atomic mass is 10.1. The molecular formula is C20H20FN7O2. The van der Waals surface area contributed by atoms with Crippen molar-refractivity contribution >= 4 is 11.6 Å². The first-order valence-electron chi connectivity index (χ1n) is 9.64. The summed E-state index contributed by atoms with van der Waals surface area (Å²) in [6.45, 7) is 4.36. The molecule has 4 aromatic heterocycles. The third-order valence-corrected chi connectivity index (χ3v) is 4.61. The Kier molecular flexibility index (Phi) is 5.46. The van der Waals surface area contributed by atoms with Gasteiger partial charge in [-0.15, -0.1) is 10.2 Å². The summed E-state index contributed by atoms with van der Waals surface area (Å²) in [5.41, 5.74) is 2.33. The number of imidazole rings is 1. The Morgan fingerprint density at radius 1 is 1.17 bits per heavy atom. The fourth-order valence-electron chi connectivity index (χ4n) is 3.28. The number of carbonyl (C=O) groups excluding carboxylic acids is 1. The highest BCUT2D eigenvalue weighted by molar-refractivity contribution is 5.86. The minimum absolute atomic E-state index is 0.0853. The first-order chi connectivity index (χ1) is 14.6. The average Bonchev–Trinajstić information content (AvgIpc) is 3.37. The van der Waals surface area contributed by atoms with E-state index in [4.69, 9.17) is 4.74 Å². The predicted molar refractivity (Wildman–Crippen MR) is 105 cm³/mol. The molecule has 0 saturated heterocycles. The largest absolute Gasteiger partial charge is 0.460 e. The lowest BCUT2D eigenvalue weighted by Crippen LogP contribution is -2.13. The smallest absolute Gasteiger partial charge is 0.376 e. The van der Waals surface area contributed by atoms with Crippen LogP contribution in [0.1, 0.15) is 42.1 Å². The zero-order valence-corrected chi connectivity index (χ0v) is 16.6. The summed E-state index contributed by atoms with van der Waals surface area (Å²) < 4.78 is 22.6. The SMILES string of the molecule is CCCc1c(Cn2ccnc2-c2ncccc2F)ncn2c(C(=O)OCC)nnc12. The first kappa shape index (κ1) is 19.6. The van der Waals surface area contributed by atoms with Crippen LogP contribution in [0, 0.1) is 5.82 Å². The molecule has 0 aromatic carbocycles. The van der Waals surface area contributed by atoms with Crippen molar-refractivity contribution in [3.8, 4) is 11.5 Å². The van der Waals surface area contributed by atoms with Crippen LogP contribution in [0.4, 0.5) is 4.39 Å². The highest BCUT2D eigenvalue weighted by Crippen LogP contribution is 2.22. The van der Waals surface area contributed by atoms with Gasteiger partial charge in [0, 0.05) is 24.2 Å². The van der Waals surface area contributed by atoms with Crippen LogP contribution in [-0.2, 0) is 17.7 Å². The van der Waals surface area contributed by atoms with Crippen molar-refractivity contribution in [2.75, 3.05) is 6.61 Å². The van der Waals surface area contributed by atoms with Gasteiger partial charge in [-0.3, -0.25) is 4.40 Å². The van der Waals surface area contributed by atoms with E-state index in [0.717, 1.165) is 17.7 Å². The monoisotopic (exact) mass is 409 g/mol. The fraction of sp³-hybridized carbons (Fsp3) is 0.300. The molecule has 0 unspecified atom stereocenters. The molecule has 0 aliphatic carbocycles. The molecule has 0 atom stereocenters. The Hall–Kier alpha value is -3.69. The fourth-order valence-corrected chi connectivity index (χ4v) is 3.28. The summed E-state index contributed by atoms with van der Waals surface area (Å²) in [6, 6.07) is 2.88. The number of esters is 1. The molecule has 0 spiro atoms. The highest BCUT2D eigenvalue weighted by atomic mass is 19.1. The zero-order valence-electron chi connectivity index (χ0n) is 16.6. The van der Waals surface area contributed by atoms with E-state index in [9.17, 15) is 9.18 Å². The highest BCUT2D eigenvalue weighted by Gasteiger charge is 2.21. The van der Waals surface area contributed by atoms with Crippen LogP contribution in [-0.4, -0.2) is 46.7 Å². The number of pyridine rings is 1. The second-order valence-electron chi connectivity index (χ2n) is 6.57. The summed E-state index contributed by atoms with van der Waals surface area (Å²) in [5, 5.41) is 8.19. The van der Waals surface area contributed by atoms with Crippen LogP contribution in [0.2, 0.25) is 0 Å². The molecule has 0 aliphatic heterocycles. The van der Waals surface area contributed by atoms with Crippen molar-refractivity contribution in [2.24, 2.45) is 0 Å². The Morgan fingerprint density at radius 3 is 2.80 bits per heavy atom. The van der Waals surface area contributed by atoms with Crippen LogP contribution in [0.5, 0.6) is 0 Å². The van der Waals surface area contributed by atoms with Gasteiger partial charge in [0.15, 0.2) is 17.3 Å². The Morgan fingerprint density at radius 2 is 2.03 bits per heavy atom. The van der Waals surface area contributed by atoms with E-state index >= 15 is 0 Å². The molecule has 4 rings (SSSR count). The van der Waals surface area contributed by atoms with Gasteiger partial charge in [0.25, 0.3) is 0 Å². The molecule has 4 heterocycles. The molecule has 9 nitrogen and oxygen atoms in total. The zero-order chi connectivity index (χ0) is 21.1. The Labute approximate surface area is 171 Å². The molecule has 30 heavy (non-hydrogen) atoms. The van der Waals surface area contributed by atoms with Crippen LogP contribution in [0.15, 0.2) is 37.1 Å². The van der Waals surface area contributed by atoms with Gasteiger partial charge in [0.1, 0.15) is 12.0 Å². The number of ether oxygens (including phenoxy) is 1. The van der Waals surface area contributed by atoms with Gasteiger partial charge in [-0.1, -0.05) is 13.3 Å². The summed E-state index contributed by atoms with van der Waals surface area (Å²) in [7, 11) is 0. The second kappa shape index (κ2) is 8.36. The van der Waals surface area contributed by atoms with Crippen LogP contribution in [0.3, 0.4) is 0 Å². The quantitative estimate of drug-likeness (QED) is 0.433. The number of aryl methyl sites for hydroxylation is 1. The van der Waals surface area contributed by atoms with E-state index in [0.29, 0.717) is 24.4 Å². The minimum Gasteiger partial charge on any atom is -0.460 e. The van der Waals surface area contributed by atoms with Crippen molar-refractivity contribution in [2.45, 2.75) is 33.2 Å². The Balaban J connectivity index is 1.76. The summed E-state index contributed by atoms with van der Waals surface area (Å²) in [4.78, 5) is 25.1. The van der Waals surface area contributed by atoms with Crippen LogP contribution < -0.4 is 0 Å². The molecule has 0 amide bonds. The van der Waals surface area contributed by atoms with E-state index in [1.54, 1.807) is 28.3 Å². The number of halogens is 1. The number of aromatic nitrogens is 7. The second-order valence-corrected chi connectivity index (χ2v) is 6.57. The molecule has 0 aliphatic rings. The summed E-state index contributed by atoms with van der Waals surface area (Å²) in [6.07, 6.45) is 7.92. The maximum absolute atomic E-state index is 14.2. The number of rotatable bonds is 7. The van der Waals surface area contributed by atoms with E-state index in [1.165, 1.54) is 24.7 Å². The van der Waals surface area contributed by atoms with Crippen LogP contribution >= 0.6 is 0 Å². The number of carbonyl (C=O) groups is 1. The molecule has 0 radical (unpaired) electrons. The van der Waals surface area contributed by atoms with E-state index in [-0.39, 0.29) is 18.1 Å². The molecule has 4 aromatic rings. The van der Waals surface area contributed by atoms with Gasteiger partial charge in [-0.25, -0.2) is 24.1 Å². The standard InChI is InChI=1S/C20H20FN7O2/c1-3-6-13-15(24-12-28-17(13)25-26-19(28)20(29)30-4-2)11-27-10-9-23-18(27)16-14(21)7-5-8-22-16/h5,7-10,12H,3-4,6,11H2,1-2H3. The molecule has 10 heteroatoms. The van der Waals surface area contributed by atoms with Crippen molar-refractivity contribution in [1.29, 1.82) is 0 Å². The predicted octanol–water partition coefficient (Wildman–Crippen LogP) is 2.70. The lowest BCUT2D eigenvalue weighted by Gasteiger charge is -2.12. The summed E-state index contributed by atoms with van der Waals surface area (Å²) >= 11 is 0. The van der Waals surface area contributed by atoms with Gasteiger partial charge in [-0.05, 0) is 25.5 Å². The van der Waals surface area contributed by atoms with Gasteiger partial charge >= 0.3 is 5.97 Å². The molecule has 0 fully saturated rings. The van der Waals surface area contributed by atoms with Gasteiger partial charge in [0.05, 0.1) is 18.8 Å². The van der Waals surface area contributed by atoms with E-state index < -0.39 is 11.8 Å². The minimum atomic E-state index is -0.551. The van der Waals surface area contributed by atoms with Crippen molar-refractivity contribution in [1.82, 2.24) is 34.1 Å². The number of nitrogens with zero attached hydrogens (tertiary/aromatic N) is 7. The molecule has 0 bridgehead atoms. The number of hydrogen-bond acceptors (Lipinski definition) is 7. The van der Waals surface area contributed by atoms with Crippen molar-refractivity contribution in [3.05, 3.63) is 59.9 Å². The van der Waals surface area contributed by atoms with Gasteiger partial charge in [0.2, 0.25) is 5.82 Å². The van der Waals surface area contributed by atoms with Crippen molar-refractivity contribution < 1.29 is 13.9 Å². The molecular weight excluding hydrogens is 389 g/mol. The topological polar surface area (TPSA) is 100 Å². The maximum atomic E-state index is 14.2. The molecule has 154 valence electrons. The van der Waals surface area contributed by atoms with Crippen LogP contribution in [0.25, 0.3) is 17.2 Å². The summed E-state index contributed by atoms with van der Waals surface area (Å²) in [5.74, 6) is -0.503. The van der Waals surface area contributed by atoms with Crippen molar-refractivity contribution in [3.63, 3.8) is 0 Å². The van der Waals surface area contributed by atoms with Gasteiger partial charge in [-0.2, -0.15) is 0 Å². The average molecular weight is 409 g/mol. The third kappa shape index (κ3) is 3.51. The van der Waals surface area contributed by atoms with E-state index in [2.05, 4.69) is 25.1 Å². The Bertz CT molecular complexity index is 1200. The molecule has 0 N–H and O–H groups in total. The third-order valence-electron chi connectivity index (χ3n) is 4.61. The molecule has 0 saturated carbocycles. The lowest BCUT2D eigenvalue weighted by molar-refractivity contribution is 0.0510. The normalized spacial score (nSPS) is 11.2. The maximum Gasteiger partial charge on any atom is 0.376 e. The first-order valence-corrected chi connectivity index (χ1v) is 9.64. The van der Waals surface area contributed by atoms with E-state index in [1.807, 2.05) is 6.92 Å². The number of hydrogen-bond donors (Lipinski definition) is 0. The number of fused-ring (bicyclic) bond motifs is 1. The van der Waals surface area contributed by atoms with Gasteiger partial charge < -0.3 is 9.30 Å².